The van der Waals surface area contributed by atoms with Crippen molar-refractivity contribution >= 4 is 21.6 Å². The Morgan fingerprint density at radius 3 is 2.79 bits per heavy atom. The molecular formula is C13H18ClNO3S. The molecule has 106 valence electrons. The highest BCUT2D eigenvalue weighted by Crippen LogP contribution is 2.33. The first-order chi connectivity index (χ1) is 8.96. The van der Waals surface area contributed by atoms with Gasteiger partial charge < -0.3 is 5.11 Å². The predicted octanol–water partition coefficient (Wildman–Crippen LogP) is 1.92. The molecule has 1 aliphatic rings. The van der Waals surface area contributed by atoms with Crippen molar-refractivity contribution in [3.8, 4) is 0 Å². The van der Waals surface area contributed by atoms with E-state index in [4.69, 9.17) is 11.6 Å². The molecule has 0 heterocycles. The summed E-state index contributed by atoms with van der Waals surface area (Å²) in [6.45, 7) is 0.278. The van der Waals surface area contributed by atoms with Crippen molar-refractivity contribution in [3.05, 3.63) is 34.9 Å². The monoisotopic (exact) mass is 303 g/mol. The zero-order chi connectivity index (χ0) is 13.9. The molecule has 2 rings (SSSR count). The van der Waals surface area contributed by atoms with Gasteiger partial charge in [-0.15, -0.1) is 0 Å². The Balaban J connectivity index is 1.81. The number of sulfonamides is 1. The van der Waals surface area contributed by atoms with Crippen molar-refractivity contribution in [1.29, 1.82) is 0 Å². The Bertz CT molecular complexity index is 528. The number of hydrogen-bond donors (Lipinski definition) is 2. The second kappa shape index (κ2) is 6.22. The third-order valence-corrected chi connectivity index (χ3v) is 4.77. The standard InChI is InChI=1S/C13H18ClNO3S/c14-12-3-1-2-10(8-12)9-19(17,18)15-7-6-13(16)11-4-5-11/h1-3,8,11,13,15-16H,4-7,9H2/t13-/m1/s1. The topological polar surface area (TPSA) is 66.4 Å². The Labute approximate surface area is 118 Å². The largest absolute Gasteiger partial charge is 0.393 e. The molecule has 0 aromatic heterocycles. The first-order valence-corrected chi connectivity index (χ1v) is 8.39. The maximum Gasteiger partial charge on any atom is 0.215 e. The summed E-state index contributed by atoms with van der Waals surface area (Å²) in [5.41, 5.74) is 0.655. The Hall–Kier alpha value is -0.620. The van der Waals surface area contributed by atoms with E-state index in [9.17, 15) is 13.5 Å². The quantitative estimate of drug-likeness (QED) is 0.809. The summed E-state index contributed by atoms with van der Waals surface area (Å²) in [7, 11) is -3.37. The summed E-state index contributed by atoms with van der Waals surface area (Å²) < 4.78 is 26.2. The molecule has 1 atom stereocenters. The van der Waals surface area contributed by atoms with Gasteiger partial charge in [0.25, 0.3) is 0 Å². The molecule has 0 unspecified atom stereocenters. The zero-order valence-corrected chi connectivity index (χ0v) is 12.1. The Morgan fingerprint density at radius 2 is 2.16 bits per heavy atom. The van der Waals surface area contributed by atoms with E-state index in [0.29, 0.717) is 22.9 Å². The fourth-order valence-corrected chi connectivity index (χ4v) is 3.34. The van der Waals surface area contributed by atoms with Crippen LogP contribution in [0.25, 0.3) is 0 Å². The average molecular weight is 304 g/mol. The fraction of sp³-hybridized carbons (Fsp3) is 0.538. The van der Waals surface area contributed by atoms with Crippen LogP contribution >= 0.6 is 11.6 Å². The maximum absolute atomic E-state index is 11.8. The van der Waals surface area contributed by atoms with Crippen molar-refractivity contribution < 1.29 is 13.5 Å². The molecule has 0 radical (unpaired) electrons. The van der Waals surface area contributed by atoms with Crippen molar-refractivity contribution in [2.45, 2.75) is 31.1 Å². The van der Waals surface area contributed by atoms with Crippen molar-refractivity contribution in [2.24, 2.45) is 5.92 Å². The van der Waals surface area contributed by atoms with Gasteiger partial charge in [-0.25, -0.2) is 13.1 Å². The van der Waals surface area contributed by atoms with Crippen LogP contribution in [0.4, 0.5) is 0 Å². The van der Waals surface area contributed by atoms with Crippen LogP contribution in [0.2, 0.25) is 5.02 Å². The van der Waals surface area contributed by atoms with E-state index in [1.54, 1.807) is 24.3 Å². The van der Waals surface area contributed by atoms with Crippen molar-refractivity contribution in [2.75, 3.05) is 6.54 Å². The molecule has 1 aliphatic carbocycles. The third-order valence-electron chi connectivity index (χ3n) is 3.17. The molecule has 1 saturated carbocycles. The summed E-state index contributed by atoms with van der Waals surface area (Å²) in [5.74, 6) is 0.282. The van der Waals surface area contributed by atoms with Gasteiger partial charge >= 0.3 is 0 Å². The van der Waals surface area contributed by atoms with Crippen LogP contribution in [0, 0.1) is 5.92 Å². The van der Waals surface area contributed by atoms with Gasteiger partial charge in [-0.05, 0) is 42.9 Å². The molecule has 1 fully saturated rings. The molecule has 19 heavy (non-hydrogen) atoms. The number of rotatable bonds is 7. The fourth-order valence-electron chi connectivity index (χ4n) is 1.98. The number of benzene rings is 1. The van der Waals surface area contributed by atoms with Crippen LogP contribution in [-0.2, 0) is 15.8 Å². The Kier molecular flexibility index (Phi) is 4.84. The Morgan fingerprint density at radius 1 is 1.42 bits per heavy atom. The summed E-state index contributed by atoms with van der Waals surface area (Å²) in [5, 5.41) is 10.2. The molecule has 4 nitrogen and oxygen atoms in total. The number of aliphatic hydroxyl groups excluding tert-OH is 1. The lowest BCUT2D eigenvalue weighted by molar-refractivity contribution is 0.143. The summed E-state index contributed by atoms with van der Waals surface area (Å²) in [4.78, 5) is 0. The molecule has 0 saturated heterocycles. The van der Waals surface area contributed by atoms with E-state index in [0.717, 1.165) is 12.8 Å². The molecule has 6 heteroatoms. The number of halogens is 1. The molecule has 0 amide bonds. The highest BCUT2D eigenvalue weighted by Gasteiger charge is 2.29. The van der Waals surface area contributed by atoms with Crippen LogP contribution in [0.5, 0.6) is 0 Å². The van der Waals surface area contributed by atoms with E-state index in [1.807, 2.05) is 0 Å². The van der Waals surface area contributed by atoms with E-state index in [-0.39, 0.29) is 18.4 Å². The first-order valence-electron chi connectivity index (χ1n) is 6.36. The van der Waals surface area contributed by atoms with Gasteiger partial charge in [-0.1, -0.05) is 23.7 Å². The summed E-state index contributed by atoms with van der Waals surface area (Å²) in [6.07, 6.45) is 2.20. The lowest BCUT2D eigenvalue weighted by Gasteiger charge is -2.10. The SMILES string of the molecule is O=S(=O)(Cc1cccc(Cl)c1)NCC[C@@H](O)C1CC1. The summed E-state index contributed by atoms with van der Waals surface area (Å²) >= 11 is 5.81. The van der Waals surface area contributed by atoms with Crippen molar-refractivity contribution in [1.82, 2.24) is 4.72 Å². The van der Waals surface area contributed by atoms with Crippen LogP contribution in [0.1, 0.15) is 24.8 Å². The van der Waals surface area contributed by atoms with E-state index in [2.05, 4.69) is 4.72 Å². The van der Waals surface area contributed by atoms with E-state index in [1.165, 1.54) is 0 Å². The van der Waals surface area contributed by atoms with Gasteiger partial charge in [0, 0.05) is 11.6 Å². The normalized spacial score (nSPS) is 17.4. The highest BCUT2D eigenvalue weighted by molar-refractivity contribution is 7.88. The third kappa shape index (κ3) is 5.10. The number of hydrogen-bond acceptors (Lipinski definition) is 3. The molecular weight excluding hydrogens is 286 g/mol. The lowest BCUT2D eigenvalue weighted by atomic mass is 10.2. The van der Waals surface area contributed by atoms with E-state index < -0.39 is 10.0 Å². The van der Waals surface area contributed by atoms with Crippen LogP contribution in [0.3, 0.4) is 0 Å². The molecule has 0 bridgehead atoms. The molecule has 0 aliphatic heterocycles. The molecule has 1 aromatic rings. The van der Waals surface area contributed by atoms with Crippen LogP contribution < -0.4 is 4.72 Å². The van der Waals surface area contributed by atoms with Gasteiger partial charge in [-0.3, -0.25) is 0 Å². The van der Waals surface area contributed by atoms with Gasteiger partial charge in [0.1, 0.15) is 0 Å². The predicted molar refractivity (Wildman–Crippen MR) is 75.4 cm³/mol. The van der Waals surface area contributed by atoms with Gasteiger partial charge in [0.15, 0.2) is 0 Å². The minimum Gasteiger partial charge on any atom is -0.393 e. The lowest BCUT2D eigenvalue weighted by Crippen LogP contribution is -2.28. The smallest absolute Gasteiger partial charge is 0.215 e. The zero-order valence-electron chi connectivity index (χ0n) is 10.5. The summed E-state index contributed by atoms with van der Waals surface area (Å²) in [6, 6.07) is 6.80. The minimum atomic E-state index is -3.37. The molecule has 1 aromatic carbocycles. The van der Waals surface area contributed by atoms with Gasteiger partial charge in [-0.2, -0.15) is 0 Å². The maximum atomic E-state index is 11.8. The second-order valence-electron chi connectivity index (χ2n) is 4.98. The van der Waals surface area contributed by atoms with Crippen LogP contribution in [-0.4, -0.2) is 26.2 Å². The number of nitrogens with one attached hydrogen (secondary N) is 1. The van der Waals surface area contributed by atoms with Crippen molar-refractivity contribution in [3.63, 3.8) is 0 Å². The second-order valence-corrected chi connectivity index (χ2v) is 7.22. The average Bonchev–Trinajstić information content (AvgIpc) is 3.11. The van der Waals surface area contributed by atoms with Crippen LogP contribution in [0.15, 0.2) is 24.3 Å². The van der Waals surface area contributed by atoms with Gasteiger partial charge in [0.05, 0.1) is 11.9 Å². The number of aliphatic hydroxyl groups is 1. The first kappa shape index (κ1) is 14.8. The molecule has 2 N–H and O–H groups in total. The molecule has 0 spiro atoms. The van der Waals surface area contributed by atoms with E-state index >= 15 is 0 Å². The minimum absolute atomic E-state index is 0.0902. The highest BCUT2D eigenvalue weighted by atomic mass is 35.5. The van der Waals surface area contributed by atoms with Gasteiger partial charge in [0.2, 0.25) is 10.0 Å².